The van der Waals surface area contributed by atoms with Crippen LogP contribution in [0.4, 0.5) is 0 Å². The predicted octanol–water partition coefficient (Wildman–Crippen LogP) is 1.98. The molecule has 5 heteroatoms. The van der Waals surface area contributed by atoms with Crippen molar-refractivity contribution in [2.24, 2.45) is 5.92 Å². The molecule has 0 radical (unpaired) electrons. The van der Waals surface area contributed by atoms with Gasteiger partial charge in [-0.3, -0.25) is 14.9 Å². The number of aryl methyl sites for hydroxylation is 1. The molecule has 0 aliphatic carbocycles. The topological polar surface area (TPSA) is 61.4 Å². The van der Waals surface area contributed by atoms with E-state index >= 15 is 0 Å². The molecule has 2 aliphatic heterocycles. The highest BCUT2D eigenvalue weighted by atomic mass is 16.2. The molecule has 24 heavy (non-hydrogen) atoms. The standard InChI is InChI=1S/C19H27N3O2/c1-12(2)16-17(23)21-19(20-16)8-10-22(11-9-19)18(24)15-7-5-6-13(3)14(15)4/h5-7,12,16,20H,8-11H2,1-4H3,(H,21,23). The lowest BCUT2D eigenvalue weighted by atomic mass is 9.95. The summed E-state index contributed by atoms with van der Waals surface area (Å²) in [5, 5.41) is 6.61. The maximum Gasteiger partial charge on any atom is 0.254 e. The molecule has 1 aromatic carbocycles. The lowest BCUT2D eigenvalue weighted by molar-refractivity contribution is -0.121. The average molecular weight is 329 g/mol. The van der Waals surface area contributed by atoms with Crippen LogP contribution in [-0.2, 0) is 4.79 Å². The van der Waals surface area contributed by atoms with Crippen LogP contribution in [0.15, 0.2) is 18.2 Å². The minimum atomic E-state index is -0.343. The first-order valence-corrected chi connectivity index (χ1v) is 8.78. The molecule has 2 N–H and O–H groups in total. The van der Waals surface area contributed by atoms with Crippen LogP contribution in [0.3, 0.4) is 0 Å². The van der Waals surface area contributed by atoms with Gasteiger partial charge in [-0.15, -0.1) is 0 Å². The van der Waals surface area contributed by atoms with Crippen LogP contribution in [0.25, 0.3) is 0 Å². The zero-order valence-electron chi connectivity index (χ0n) is 15.0. The van der Waals surface area contributed by atoms with Crippen LogP contribution in [0.5, 0.6) is 0 Å². The molecule has 2 amide bonds. The van der Waals surface area contributed by atoms with Gasteiger partial charge in [0.15, 0.2) is 0 Å². The van der Waals surface area contributed by atoms with E-state index in [0.29, 0.717) is 13.1 Å². The number of hydrogen-bond acceptors (Lipinski definition) is 3. The van der Waals surface area contributed by atoms with Crippen molar-refractivity contribution in [3.05, 3.63) is 34.9 Å². The molecule has 0 saturated carbocycles. The number of nitrogens with one attached hydrogen (secondary N) is 2. The van der Waals surface area contributed by atoms with Gasteiger partial charge in [0.05, 0.1) is 11.7 Å². The molecular formula is C19H27N3O2. The van der Waals surface area contributed by atoms with E-state index in [1.165, 1.54) is 0 Å². The Morgan fingerprint density at radius 2 is 1.92 bits per heavy atom. The third-order valence-electron chi connectivity index (χ3n) is 5.48. The van der Waals surface area contributed by atoms with Crippen molar-refractivity contribution in [2.75, 3.05) is 13.1 Å². The minimum absolute atomic E-state index is 0.0827. The largest absolute Gasteiger partial charge is 0.338 e. The minimum Gasteiger partial charge on any atom is -0.338 e. The molecule has 0 bridgehead atoms. The molecule has 130 valence electrons. The van der Waals surface area contributed by atoms with E-state index < -0.39 is 0 Å². The van der Waals surface area contributed by atoms with Gasteiger partial charge in [-0.1, -0.05) is 26.0 Å². The number of rotatable bonds is 2. The first-order chi connectivity index (χ1) is 11.3. The summed E-state index contributed by atoms with van der Waals surface area (Å²) in [6.07, 6.45) is 1.50. The second kappa shape index (κ2) is 6.20. The summed E-state index contributed by atoms with van der Waals surface area (Å²) in [5.74, 6) is 0.439. The van der Waals surface area contributed by atoms with Gasteiger partial charge in [0.1, 0.15) is 0 Å². The van der Waals surface area contributed by atoms with Crippen LogP contribution < -0.4 is 10.6 Å². The van der Waals surface area contributed by atoms with Gasteiger partial charge in [0.2, 0.25) is 5.91 Å². The summed E-state index contributed by atoms with van der Waals surface area (Å²) < 4.78 is 0. The van der Waals surface area contributed by atoms with Gasteiger partial charge < -0.3 is 10.2 Å². The van der Waals surface area contributed by atoms with Crippen LogP contribution >= 0.6 is 0 Å². The molecular weight excluding hydrogens is 302 g/mol. The van der Waals surface area contributed by atoms with Crippen LogP contribution in [0, 0.1) is 19.8 Å². The Balaban J connectivity index is 1.68. The first kappa shape index (κ1) is 17.0. The van der Waals surface area contributed by atoms with Crippen molar-refractivity contribution in [1.82, 2.24) is 15.5 Å². The molecule has 2 fully saturated rings. The average Bonchev–Trinajstić information content (AvgIpc) is 2.87. The van der Waals surface area contributed by atoms with Gasteiger partial charge in [-0.05, 0) is 37.0 Å². The highest BCUT2D eigenvalue weighted by molar-refractivity contribution is 5.96. The zero-order chi connectivity index (χ0) is 17.5. The summed E-state index contributed by atoms with van der Waals surface area (Å²) in [5.41, 5.74) is 2.63. The van der Waals surface area contributed by atoms with E-state index in [1.54, 1.807) is 0 Å². The highest BCUT2D eigenvalue weighted by Gasteiger charge is 2.46. The number of likely N-dealkylation sites (tertiary alicyclic amines) is 1. The van der Waals surface area contributed by atoms with E-state index in [2.05, 4.69) is 24.5 Å². The summed E-state index contributed by atoms with van der Waals surface area (Å²) in [6, 6.07) is 5.74. The number of piperidine rings is 1. The zero-order valence-corrected chi connectivity index (χ0v) is 15.0. The summed E-state index contributed by atoms with van der Waals surface area (Å²) in [6.45, 7) is 9.45. The fourth-order valence-electron chi connectivity index (χ4n) is 3.70. The van der Waals surface area contributed by atoms with Crippen molar-refractivity contribution < 1.29 is 9.59 Å². The fourth-order valence-corrected chi connectivity index (χ4v) is 3.70. The molecule has 1 spiro atoms. The summed E-state index contributed by atoms with van der Waals surface area (Å²) in [4.78, 5) is 26.9. The third-order valence-corrected chi connectivity index (χ3v) is 5.48. The highest BCUT2D eigenvalue weighted by Crippen LogP contribution is 2.27. The Morgan fingerprint density at radius 1 is 1.25 bits per heavy atom. The molecule has 2 aliphatic rings. The SMILES string of the molecule is Cc1cccc(C(=O)N2CCC3(CC2)NC(=O)C(C(C)C)N3)c1C. The predicted molar refractivity (Wildman–Crippen MR) is 93.7 cm³/mol. The van der Waals surface area contributed by atoms with Gasteiger partial charge in [-0.25, -0.2) is 0 Å². The first-order valence-electron chi connectivity index (χ1n) is 8.78. The number of hydrogen-bond donors (Lipinski definition) is 2. The lowest BCUT2D eigenvalue weighted by Gasteiger charge is -2.39. The van der Waals surface area contributed by atoms with Crippen molar-refractivity contribution in [1.29, 1.82) is 0 Å². The van der Waals surface area contributed by atoms with Crippen LogP contribution in [0.2, 0.25) is 0 Å². The number of carbonyl (C=O) groups excluding carboxylic acids is 2. The second-order valence-electron chi connectivity index (χ2n) is 7.48. The lowest BCUT2D eigenvalue weighted by Crippen LogP contribution is -2.58. The van der Waals surface area contributed by atoms with E-state index in [1.807, 2.05) is 36.9 Å². The molecule has 3 rings (SSSR count). The van der Waals surface area contributed by atoms with Crippen molar-refractivity contribution in [3.63, 3.8) is 0 Å². The van der Waals surface area contributed by atoms with E-state index in [-0.39, 0.29) is 29.4 Å². The molecule has 5 nitrogen and oxygen atoms in total. The number of amides is 2. The maximum atomic E-state index is 12.8. The van der Waals surface area contributed by atoms with Gasteiger partial charge in [0.25, 0.3) is 5.91 Å². The van der Waals surface area contributed by atoms with Gasteiger partial charge in [0, 0.05) is 31.5 Å². The van der Waals surface area contributed by atoms with Crippen molar-refractivity contribution >= 4 is 11.8 Å². The Labute approximate surface area is 143 Å². The molecule has 2 saturated heterocycles. The smallest absolute Gasteiger partial charge is 0.254 e. The molecule has 1 unspecified atom stereocenters. The third kappa shape index (κ3) is 2.93. The summed E-state index contributed by atoms with van der Waals surface area (Å²) in [7, 11) is 0. The molecule has 2 heterocycles. The molecule has 1 atom stereocenters. The normalized spacial score (nSPS) is 23.0. The molecule has 0 aromatic heterocycles. The Bertz CT molecular complexity index is 661. The molecule has 1 aromatic rings. The van der Waals surface area contributed by atoms with Gasteiger partial charge >= 0.3 is 0 Å². The number of benzene rings is 1. The van der Waals surface area contributed by atoms with Crippen LogP contribution in [0.1, 0.15) is 48.2 Å². The Kier molecular flexibility index (Phi) is 4.38. The number of nitrogens with zero attached hydrogens (tertiary/aromatic N) is 1. The second-order valence-corrected chi connectivity index (χ2v) is 7.48. The van der Waals surface area contributed by atoms with Crippen molar-refractivity contribution in [3.8, 4) is 0 Å². The maximum absolute atomic E-state index is 12.8. The van der Waals surface area contributed by atoms with Crippen molar-refractivity contribution in [2.45, 2.75) is 52.2 Å². The van der Waals surface area contributed by atoms with Gasteiger partial charge in [-0.2, -0.15) is 0 Å². The fraction of sp³-hybridized carbons (Fsp3) is 0.579. The van der Waals surface area contributed by atoms with E-state index in [4.69, 9.17) is 0 Å². The Morgan fingerprint density at radius 3 is 2.50 bits per heavy atom. The number of carbonyl (C=O) groups is 2. The van der Waals surface area contributed by atoms with Crippen LogP contribution in [-0.4, -0.2) is 41.5 Å². The monoisotopic (exact) mass is 329 g/mol. The summed E-state index contributed by atoms with van der Waals surface area (Å²) >= 11 is 0. The van der Waals surface area contributed by atoms with E-state index in [9.17, 15) is 9.59 Å². The van der Waals surface area contributed by atoms with E-state index in [0.717, 1.165) is 29.5 Å². The Hall–Kier alpha value is -1.88. The quantitative estimate of drug-likeness (QED) is 0.872.